The van der Waals surface area contributed by atoms with E-state index in [1.54, 1.807) is 12.1 Å². The van der Waals surface area contributed by atoms with Gasteiger partial charge in [-0.3, -0.25) is 0 Å². The minimum absolute atomic E-state index is 0.213. The molecule has 0 saturated heterocycles. The lowest BCUT2D eigenvalue weighted by Gasteiger charge is -2.15. The number of benzene rings is 2. The highest BCUT2D eigenvalue weighted by Gasteiger charge is 2.15. The highest BCUT2D eigenvalue weighted by molar-refractivity contribution is 5.65. The van der Waals surface area contributed by atoms with E-state index in [1.807, 2.05) is 45.0 Å². The number of hydrogen-bond acceptors (Lipinski definition) is 5. The Bertz CT molecular complexity index is 709. The fourth-order valence-electron chi connectivity index (χ4n) is 2.16. The Balaban J connectivity index is 2.24. The summed E-state index contributed by atoms with van der Waals surface area (Å²) in [6.45, 7) is 6.68. The summed E-state index contributed by atoms with van der Waals surface area (Å²) in [5, 5.41) is 0. The molecule has 0 bridgehead atoms. The summed E-state index contributed by atoms with van der Waals surface area (Å²) in [5.74, 6) is 1.72. The van der Waals surface area contributed by atoms with Crippen LogP contribution in [-0.2, 0) is 11.3 Å². The predicted molar refractivity (Wildman–Crippen MR) is 90.9 cm³/mol. The Labute approximate surface area is 142 Å². The van der Waals surface area contributed by atoms with Crippen LogP contribution in [0.5, 0.6) is 17.2 Å². The van der Waals surface area contributed by atoms with Gasteiger partial charge in [0.25, 0.3) is 0 Å². The molecule has 0 heterocycles. The molecule has 0 unspecified atom stereocenters. The highest BCUT2D eigenvalue weighted by Crippen LogP contribution is 2.30. The standard InChI is InChI=1S/C19H22O5/c1-5-22-17-7-6-8-18(24-19(20)21-4)16(17)12-23-15-10-9-13(2)14(3)11-15/h6-11H,5,12H2,1-4H3. The van der Waals surface area contributed by atoms with E-state index in [0.29, 0.717) is 23.7 Å². The molecule has 5 heteroatoms. The third-order valence-corrected chi connectivity index (χ3v) is 3.61. The molecule has 0 saturated carbocycles. The maximum Gasteiger partial charge on any atom is 0.513 e. The second-order valence-corrected chi connectivity index (χ2v) is 5.26. The van der Waals surface area contributed by atoms with E-state index < -0.39 is 6.16 Å². The van der Waals surface area contributed by atoms with Gasteiger partial charge in [-0.25, -0.2) is 4.79 Å². The smallest absolute Gasteiger partial charge is 0.493 e. The maximum absolute atomic E-state index is 11.4. The van der Waals surface area contributed by atoms with Gasteiger partial charge in [-0.05, 0) is 56.2 Å². The zero-order valence-corrected chi connectivity index (χ0v) is 14.4. The van der Waals surface area contributed by atoms with Crippen LogP contribution in [0.3, 0.4) is 0 Å². The van der Waals surface area contributed by atoms with E-state index in [4.69, 9.17) is 14.2 Å². The third kappa shape index (κ3) is 4.41. The van der Waals surface area contributed by atoms with Crippen LogP contribution in [0.2, 0.25) is 0 Å². The van der Waals surface area contributed by atoms with Gasteiger partial charge in [-0.15, -0.1) is 0 Å². The average molecular weight is 330 g/mol. The van der Waals surface area contributed by atoms with Crippen LogP contribution in [0.1, 0.15) is 23.6 Å². The molecule has 128 valence electrons. The molecule has 2 rings (SSSR count). The summed E-state index contributed by atoms with van der Waals surface area (Å²) >= 11 is 0. The van der Waals surface area contributed by atoms with Gasteiger partial charge in [0.05, 0.1) is 19.3 Å². The summed E-state index contributed by atoms with van der Waals surface area (Å²) in [5.41, 5.74) is 3.01. The Morgan fingerprint density at radius 2 is 1.75 bits per heavy atom. The quantitative estimate of drug-likeness (QED) is 0.579. The second-order valence-electron chi connectivity index (χ2n) is 5.26. The molecule has 2 aromatic rings. The van der Waals surface area contributed by atoms with Crippen molar-refractivity contribution < 1.29 is 23.7 Å². The zero-order chi connectivity index (χ0) is 17.5. The van der Waals surface area contributed by atoms with E-state index in [2.05, 4.69) is 4.74 Å². The molecule has 0 atom stereocenters. The molecule has 0 aromatic heterocycles. The first kappa shape index (κ1) is 17.7. The molecular formula is C19H22O5. The van der Waals surface area contributed by atoms with Crippen LogP contribution < -0.4 is 14.2 Å². The normalized spacial score (nSPS) is 10.2. The van der Waals surface area contributed by atoms with Crippen molar-refractivity contribution in [1.82, 2.24) is 0 Å². The first-order valence-electron chi connectivity index (χ1n) is 7.75. The van der Waals surface area contributed by atoms with Gasteiger partial charge in [0, 0.05) is 0 Å². The number of hydrogen-bond donors (Lipinski definition) is 0. The van der Waals surface area contributed by atoms with Gasteiger partial charge in [-0.2, -0.15) is 0 Å². The number of carbonyl (C=O) groups is 1. The van der Waals surface area contributed by atoms with E-state index in [1.165, 1.54) is 12.7 Å². The van der Waals surface area contributed by atoms with Crippen molar-refractivity contribution in [3.8, 4) is 17.2 Å². The largest absolute Gasteiger partial charge is 0.513 e. The highest BCUT2D eigenvalue weighted by atomic mass is 16.7. The van der Waals surface area contributed by atoms with E-state index in [9.17, 15) is 4.79 Å². The van der Waals surface area contributed by atoms with Crippen LogP contribution >= 0.6 is 0 Å². The molecule has 24 heavy (non-hydrogen) atoms. The van der Waals surface area contributed by atoms with Gasteiger partial charge >= 0.3 is 6.16 Å². The third-order valence-electron chi connectivity index (χ3n) is 3.61. The summed E-state index contributed by atoms with van der Waals surface area (Å²) in [7, 11) is 1.26. The van der Waals surface area contributed by atoms with Crippen molar-refractivity contribution in [2.75, 3.05) is 13.7 Å². The van der Waals surface area contributed by atoms with Gasteiger partial charge in [-0.1, -0.05) is 12.1 Å². The number of ether oxygens (including phenoxy) is 4. The SMILES string of the molecule is CCOc1cccc(OC(=O)OC)c1COc1ccc(C)c(C)c1. The van der Waals surface area contributed by atoms with Gasteiger partial charge in [0.2, 0.25) is 0 Å². The van der Waals surface area contributed by atoms with Crippen LogP contribution in [0, 0.1) is 13.8 Å². The molecule has 0 aliphatic carbocycles. The molecule has 0 fully saturated rings. The molecular weight excluding hydrogens is 308 g/mol. The van der Waals surface area contributed by atoms with Crippen LogP contribution in [0.4, 0.5) is 4.79 Å². The second kappa shape index (κ2) is 8.24. The number of carbonyl (C=O) groups excluding carboxylic acids is 1. The molecule has 5 nitrogen and oxygen atoms in total. The Morgan fingerprint density at radius 1 is 1.00 bits per heavy atom. The number of aryl methyl sites for hydroxylation is 2. The fourth-order valence-corrected chi connectivity index (χ4v) is 2.16. The first-order valence-corrected chi connectivity index (χ1v) is 7.75. The molecule has 0 N–H and O–H groups in total. The summed E-state index contributed by atoms with van der Waals surface area (Å²) < 4.78 is 21.2. The van der Waals surface area contributed by atoms with Gasteiger partial charge in [0.1, 0.15) is 23.9 Å². The van der Waals surface area contributed by atoms with Crippen molar-refractivity contribution in [3.63, 3.8) is 0 Å². The van der Waals surface area contributed by atoms with Crippen molar-refractivity contribution in [1.29, 1.82) is 0 Å². The summed E-state index contributed by atoms with van der Waals surface area (Å²) in [6, 6.07) is 11.1. The lowest BCUT2D eigenvalue weighted by atomic mass is 10.1. The van der Waals surface area contributed by atoms with Crippen molar-refractivity contribution in [2.24, 2.45) is 0 Å². The topological polar surface area (TPSA) is 54.0 Å². The van der Waals surface area contributed by atoms with Crippen molar-refractivity contribution >= 4 is 6.16 Å². The van der Waals surface area contributed by atoms with Crippen molar-refractivity contribution in [2.45, 2.75) is 27.4 Å². The van der Waals surface area contributed by atoms with E-state index >= 15 is 0 Å². The predicted octanol–water partition coefficient (Wildman–Crippen LogP) is 4.43. The Kier molecular flexibility index (Phi) is 6.07. The lowest BCUT2D eigenvalue weighted by molar-refractivity contribution is 0.120. The Hall–Kier alpha value is -2.69. The maximum atomic E-state index is 11.4. The molecule has 0 amide bonds. The monoisotopic (exact) mass is 330 g/mol. The van der Waals surface area contributed by atoms with Crippen LogP contribution in [0.25, 0.3) is 0 Å². The molecule has 0 spiro atoms. The Morgan fingerprint density at radius 3 is 2.42 bits per heavy atom. The van der Waals surface area contributed by atoms with E-state index in [-0.39, 0.29) is 6.61 Å². The summed E-state index contributed by atoms with van der Waals surface area (Å²) in [6.07, 6.45) is -0.781. The number of methoxy groups -OCH3 is 1. The molecule has 0 aliphatic heterocycles. The minimum atomic E-state index is -0.781. The minimum Gasteiger partial charge on any atom is -0.493 e. The van der Waals surface area contributed by atoms with Crippen molar-refractivity contribution in [3.05, 3.63) is 53.1 Å². The lowest BCUT2D eigenvalue weighted by Crippen LogP contribution is -2.11. The van der Waals surface area contributed by atoms with E-state index in [0.717, 1.165) is 11.3 Å². The van der Waals surface area contributed by atoms with Crippen LogP contribution in [0.15, 0.2) is 36.4 Å². The molecule has 0 radical (unpaired) electrons. The van der Waals surface area contributed by atoms with Crippen LogP contribution in [-0.4, -0.2) is 19.9 Å². The first-order chi connectivity index (χ1) is 11.5. The average Bonchev–Trinajstić information content (AvgIpc) is 2.57. The molecule has 0 aliphatic rings. The zero-order valence-electron chi connectivity index (χ0n) is 14.4. The molecule has 2 aromatic carbocycles. The fraction of sp³-hybridized carbons (Fsp3) is 0.316. The van der Waals surface area contributed by atoms with Gasteiger partial charge in [0.15, 0.2) is 0 Å². The van der Waals surface area contributed by atoms with Gasteiger partial charge < -0.3 is 18.9 Å². The summed E-state index contributed by atoms with van der Waals surface area (Å²) in [4.78, 5) is 11.4. The number of rotatable bonds is 6.